The third-order valence-corrected chi connectivity index (χ3v) is 9.87. The number of aryl methyl sites for hydroxylation is 1. The van der Waals surface area contributed by atoms with Crippen LogP contribution < -0.4 is 32.7 Å². The van der Waals surface area contributed by atoms with Gasteiger partial charge in [-0.1, -0.05) is 30.3 Å². The minimum Gasteiger partial charge on any atom is -0.394 e. The maximum Gasteiger partial charge on any atom is 0.323 e. The first-order chi connectivity index (χ1) is 24.1. The minimum absolute atomic E-state index is 0.149. The van der Waals surface area contributed by atoms with Crippen molar-refractivity contribution in [3.63, 3.8) is 0 Å². The molecule has 262 valence electrons. The molecule has 6 rings (SSSR count). The lowest BCUT2D eigenvalue weighted by Crippen LogP contribution is -2.48. The van der Waals surface area contributed by atoms with Crippen LogP contribution in [0.3, 0.4) is 0 Å². The van der Waals surface area contributed by atoms with Crippen LogP contribution in [-0.2, 0) is 20.8 Å². The van der Waals surface area contributed by atoms with E-state index in [2.05, 4.69) is 31.2 Å². The molecule has 0 bridgehead atoms. The molecular formula is C37H43N7O6. The van der Waals surface area contributed by atoms with Crippen LogP contribution in [0.25, 0.3) is 22.2 Å². The summed E-state index contributed by atoms with van der Waals surface area (Å²) in [4.78, 5) is 69.2. The fourth-order valence-corrected chi connectivity index (χ4v) is 6.92. The van der Waals surface area contributed by atoms with Gasteiger partial charge in [-0.25, -0.2) is 4.79 Å². The van der Waals surface area contributed by atoms with Gasteiger partial charge in [-0.15, -0.1) is 0 Å². The Bertz CT molecular complexity index is 1940. The highest BCUT2D eigenvalue weighted by atomic mass is 16.3. The summed E-state index contributed by atoms with van der Waals surface area (Å²) in [7, 11) is 0. The fourth-order valence-electron chi connectivity index (χ4n) is 6.92. The number of amides is 4. The number of hydrogen-bond donors (Lipinski definition) is 8. The van der Waals surface area contributed by atoms with Gasteiger partial charge in [-0.3, -0.25) is 19.2 Å². The lowest BCUT2D eigenvalue weighted by Gasteiger charge is -2.28. The largest absolute Gasteiger partial charge is 0.394 e. The van der Waals surface area contributed by atoms with Gasteiger partial charge in [0.2, 0.25) is 17.7 Å². The highest BCUT2D eigenvalue weighted by molar-refractivity contribution is 5.99. The molecule has 4 amide bonds. The van der Waals surface area contributed by atoms with Crippen molar-refractivity contribution in [1.29, 1.82) is 0 Å². The van der Waals surface area contributed by atoms with Gasteiger partial charge in [0, 0.05) is 23.6 Å². The molecule has 1 aliphatic heterocycles. The Morgan fingerprint density at radius 2 is 1.68 bits per heavy atom. The molecule has 2 aliphatic rings. The van der Waals surface area contributed by atoms with E-state index in [1.807, 2.05) is 37.3 Å². The summed E-state index contributed by atoms with van der Waals surface area (Å²) in [5, 5.41) is 20.6. The van der Waals surface area contributed by atoms with Crippen molar-refractivity contribution in [3.8, 4) is 11.1 Å². The molecule has 13 nitrogen and oxygen atoms in total. The van der Waals surface area contributed by atoms with Gasteiger partial charge in [0.1, 0.15) is 12.1 Å². The van der Waals surface area contributed by atoms with Crippen LogP contribution in [0.2, 0.25) is 0 Å². The topological polar surface area (TPSA) is 211 Å². The number of aromatic nitrogens is 2. The van der Waals surface area contributed by atoms with Crippen LogP contribution >= 0.6 is 0 Å². The zero-order valence-electron chi connectivity index (χ0n) is 27.9. The van der Waals surface area contributed by atoms with Crippen LogP contribution in [0.15, 0.2) is 65.5 Å². The van der Waals surface area contributed by atoms with E-state index < -0.39 is 12.1 Å². The fraction of sp³-hybridized carbons (Fsp3) is 0.378. The molecule has 2 fully saturated rings. The molecule has 1 aromatic heterocycles. The normalized spacial score (nSPS) is 21.0. The maximum absolute atomic E-state index is 13.7. The Kier molecular flexibility index (Phi) is 10.4. The summed E-state index contributed by atoms with van der Waals surface area (Å²) < 4.78 is 0. The van der Waals surface area contributed by atoms with Crippen molar-refractivity contribution in [3.05, 3.63) is 87.8 Å². The number of aliphatic hydroxyl groups excluding tert-OH is 1. The number of aliphatic hydroxyl groups is 1. The van der Waals surface area contributed by atoms with Gasteiger partial charge in [-0.05, 0) is 104 Å². The number of anilines is 1. The lowest BCUT2D eigenvalue weighted by molar-refractivity contribution is -0.130. The predicted octanol–water partition coefficient (Wildman–Crippen LogP) is 2.24. The summed E-state index contributed by atoms with van der Waals surface area (Å²) in [5.41, 5.74) is 11.1. The van der Waals surface area contributed by atoms with E-state index in [0.717, 1.165) is 47.9 Å². The smallest absolute Gasteiger partial charge is 0.323 e. The highest BCUT2D eigenvalue weighted by Crippen LogP contribution is 2.29. The van der Waals surface area contributed by atoms with Crippen molar-refractivity contribution in [2.75, 3.05) is 18.5 Å². The number of carbonyl (C=O) groups excluding carboxylic acids is 4. The Balaban J connectivity index is 1.15. The van der Waals surface area contributed by atoms with E-state index in [-0.39, 0.29) is 54.3 Å². The average Bonchev–Trinajstić information content (AvgIpc) is 3.67. The molecule has 13 heteroatoms. The molecule has 1 aliphatic carbocycles. The van der Waals surface area contributed by atoms with E-state index in [1.165, 1.54) is 0 Å². The molecule has 4 aromatic rings. The van der Waals surface area contributed by atoms with E-state index in [4.69, 9.17) is 5.73 Å². The molecule has 3 aromatic carbocycles. The zero-order chi connectivity index (χ0) is 35.4. The summed E-state index contributed by atoms with van der Waals surface area (Å²) in [5.74, 6) is -0.961. The van der Waals surface area contributed by atoms with Crippen molar-refractivity contribution in [1.82, 2.24) is 25.9 Å². The standard InChI is InChI=1S/C37H43N7O6/c1-20-14-25(34(47)42-32-17-27(19-45)40-36(32)49)10-12-28(20)23-6-2-21(3-7-23)15-31(41-33(46)24-8-4-22(18-38)5-9-24)35(48)39-26-11-13-29-30(16-26)44-37(50)43-29/h2-3,6-7,10-14,16,22,24,27,31-32,45H,4-5,8-9,15,17-19,38H2,1H3,(H,39,48)(H,40,49)(H,41,46)(H,42,47)(H2,43,44,50). The van der Waals surface area contributed by atoms with E-state index in [0.29, 0.717) is 41.2 Å². The number of aromatic amines is 2. The average molecular weight is 682 g/mol. The molecule has 0 spiro atoms. The highest BCUT2D eigenvalue weighted by Gasteiger charge is 2.33. The number of imidazole rings is 1. The summed E-state index contributed by atoms with van der Waals surface area (Å²) >= 11 is 0. The minimum atomic E-state index is -0.851. The molecule has 2 heterocycles. The second-order valence-corrected chi connectivity index (χ2v) is 13.4. The zero-order valence-corrected chi connectivity index (χ0v) is 27.9. The van der Waals surface area contributed by atoms with Gasteiger partial charge in [0.15, 0.2) is 0 Å². The van der Waals surface area contributed by atoms with Crippen LogP contribution in [-0.4, -0.2) is 70.0 Å². The molecule has 9 N–H and O–H groups in total. The van der Waals surface area contributed by atoms with E-state index in [1.54, 1.807) is 30.3 Å². The van der Waals surface area contributed by atoms with E-state index >= 15 is 0 Å². The lowest BCUT2D eigenvalue weighted by atomic mass is 9.81. The summed E-state index contributed by atoms with van der Waals surface area (Å²) in [6.07, 6.45) is 3.81. The van der Waals surface area contributed by atoms with Gasteiger partial charge in [0.05, 0.1) is 23.7 Å². The number of rotatable bonds is 11. The first kappa shape index (κ1) is 34.6. The van der Waals surface area contributed by atoms with Gasteiger partial charge in [0.25, 0.3) is 5.91 Å². The molecule has 1 saturated carbocycles. The maximum atomic E-state index is 13.7. The molecule has 3 unspecified atom stereocenters. The van der Waals surface area contributed by atoms with Crippen molar-refractivity contribution in [2.45, 2.75) is 63.6 Å². The Morgan fingerprint density at radius 3 is 2.36 bits per heavy atom. The Labute approximate surface area is 288 Å². The quantitative estimate of drug-likeness (QED) is 0.118. The summed E-state index contributed by atoms with van der Waals surface area (Å²) in [6.45, 7) is 2.33. The number of fused-ring (bicyclic) bond motifs is 1. The van der Waals surface area contributed by atoms with Crippen molar-refractivity contribution < 1.29 is 24.3 Å². The van der Waals surface area contributed by atoms with Crippen LogP contribution in [0.5, 0.6) is 0 Å². The van der Waals surface area contributed by atoms with Gasteiger partial charge < -0.3 is 42.1 Å². The predicted molar refractivity (Wildman–Crippen MR) is 189 cm³/mol. The SMILES string of the molecule is Cc1cc(C(=O)NC2CC(CO)NC2=O)ccc1-c1ccc(CC(NC(=O)C2CCC(CN)CC2)C(=O)Nc2ccc3[nH]c(=O)[nH]c3c2)cc1. The number of H-pyrrole nitrogens is 2. The Hall–Kier alpha value is -5.27. The van der Waals surface area contributed by atoms with Crippen molar-refractivity contribution in [2.24, 2.45) is 17.6 Å². The van der Waals surface area contributed by atoms with Crippen molar-refractivity contribution >= 4 is 40.3 Å². The Morgan fingerprint density at radius 1 is 0.940 bits per heavy atom. The number of nitrogens with one attached hydrogen (secondary N) is 6. The first-order valence-corrected chi connectivity index (χ1v) is 17.1. The van der Waals surface area contributed by atoms with Crippen LogP contribution in [0.4, 0.5) is 5.69 Å². The monoisotopic (exact) mass is 681 g/mol. The molecule has 1 saturated heterocycles. The van der Waals surface area contributed by atoms with Crippen LogP contribution in [0.1, 0.15) is 53.6 Å². The van der Waals surface area contributed by atoms with Crippen LogP contribution in [0, 0.1) is 18.8 Å². The second-order valence-electron chi connectivity index (χ2n) is 13.4. The first-order valence-electron chi connectivity index (χ1n) is 17.1. The molecule has 3 atom stereocenters. The number of carbonyl (C=O) groups is 4. The molecular weight excluding hydrogens is 638 g/mol. The number of benzene rings is 3. The second kappa shape index (κ2) is 15.1. The third-order valence-electron chi connectivity index (χ3n) is 9.87. The van der Waals surface area contributed by atoms with E-state index in [9.17, 15) is 29.1 Å². The van der Waals surface area contributed by atoms with Gasteiger partial charge >= 0.3 is 5.69 Å². The molecule has 50 heavy (non-hydrogen) atoms. The summed E-state index contributed by atoms with van der Waals surface area (Å²) in [6, 6.07) is 16.2. The number of hydrogen-bond acceptors (Lipinski definition) is 7. The molecule has 0 radical (unpaired) electrons. The van der Waals surface area contributed by atoms with Gasteiger partial charge in [-0.2, -0.15) is 0 Å². The number of nitrogens with two attached hydrogens (primary N) is 1. The third kappa shape index (κ3) is 7.95.